The van der Waals surface area contributed by atoms with Crippen molar-refractivity contribution in [3.8, 4) is 5.75 Å². The monoisotopic (exact) mass is 283 g/mol. The Morgan fingerprint density at radius 1 is 1.10 bits per heavy atom. The van der Waals surface area contributed by atoms with Crippen LogP contribution in [0.5, 0.6) is 5.75 Å². The van der Waals surface area contributed by atoms with Crippen molar-refractivity contribution in [2.45, 2.75) is 24.9 Å². The number of phenols is 1. The zero-order valence-electron chi connectivity index (χ0n) is 12.1. The maximum absolute atomic E-state index is 11.1. The predicted molar refractivity (Wildman–Crippen MR) is 83.4 cm³/mol. The highest BCUT2D eigenvalue weighted by molar-refractivity contribution is 5.89. The van der Waals surface area contributed by atoms with Gasteiger partial charge in [-0.1, -0.05) is 36.4 Å². The lowest BCUT2D eigenvalue weighted by Gasteiger charge is -2.50. The molecule has 110 valence electrons. The molecule has 3 aliphatic rings. The minimum absolute atomic E-state index is 0.331. The first-order chi connectivity index (χ1) is 10.2. The summed E-state index contributed by atoms with van der Waals surface area (Å²) < 4.78 is 0. The van der Waals surface area contributed by atoms with Gasteiger partial charge in [0, 0.05) is 18.4 Å². The van der Waals surface area contributed by atoms with E-state index in [1.807, 2.05) is 36.4 Å². The summed E-state index contributed by atoms with van der Waals surface area (Å²) in [6.45, 7) is 2.96. The number of nitrogens with zero attached hydrogens (tertiary/aromatic N) is 1. The third-order valence-corrected chi connectivity index (χ3v) is 5.33. The Morgan fingerprint density at radius 3 is 2.57 bits per heavy atom. The van der Waals surface area contributed by atoms with Crippen LogP contribution in [0.1, 0.15) is 18.4 Å². The Kier molecular flexibility index (Phi) is 2.95. The number of aromatic hydroxyl groups is 1. The Morgan fingerprint density at radius 2 is 1.86 bits per heavy atom. The first-order valence-electron chi connectivity index (χ1n) is 7.80. The van der Waals surface area contributed by atoms with E-state index in [1.54, 1.807) is 0 Å². The number of hydrogen-bond acceptors (Lipinski definition) is 3. The molecule has 3 saturated heterocycles. The van der Waals surface area contributed by atoms with Gasteiger partial charge in [-0.05, 0) is 42.8 Å². The first-order valence-corrected chi connectivity index (χ1v) is 7.80. The standard InChI is InChI=1S/C18H21NO2/c20-17-14(6-5-13-3-1-2-4-16(13)17)11-18(21)12-19-9-7-15(18)8-10-19/h1-6,15,20-21H,7-12H2. The van der Waals surface area contributed by atoms with Crippen LogP contribution in [0, 0.1) is 5.92 Å². The van der Waals surface area contributed by atoms with Gasteiger partial charge in [-0.25, -0.2) is 0 Å². The van der Waals surface area contributed by atoms with E-state index < -0.39 is 5.60 Å². The van der Waals surface area contributed by atoms with E-state index in [4.69, 9.17) is 0 Å². The van der Waals surface area contributed by atoms with Crippen LogP contribution < -0.4 is 0 Å². The summed E-state index contributed by atoms with van der Waals surface area (Å²) in [5.41, 5.74) is 0.182. The van der Waals surface area contributed by atoms with Gasteiger partial charge in [0.2, 0.25) is 0 Å². The largest absolute Gasteiger partial charge is 0.507 e. The van der Waals surface area contributed by atoms with Crippen molar-refractivity contribution in [3.63, 3.8) is 0 Å². The fourth-order valence-electron chi connectivity index (χ4n) is 4.12. The molecule has 3 nitrogen and oxygen atoms in total. The molecule has 21 heavy (non-hydrogen) atoms. The third kappa shape index (κ3) is 2.12. The summed E-state index contributed by atoms with van der Waals surface area (Å²) in [7, 11) is 0. The SMILES string of the molecule is Oc1c(CC2(O)CN3CCC2CC3)ccc2ccccc12. The molecule has 0 amide bonds. The Balaban J connectivity index is 1.69. The average molecular weight is 283 g/mol. The number of rotatable bonds is 2. The molecule has 0 spiro atoms. The van der Waals surface area contributed by atoms with Gasteiger partial charge in [-0.3, -0.25) is 0 Å². The summed E-state index contributed by atoms with van der Waals surface area (Å²) in [5.74, 6) is 0.700. The molecule has 0 saturated carbocycles. The molecule has 0 aromatic heterocycles. The van der Waals surface area contributed by atoms with Crippen molar-refractivity contribution < 1.29 is 10.2 Å². The van der Waals surface area contributed by atoms with Gasteiger partial charge in [-0.2, -0.15) is 0 Å². The second-order valence-electron chi connectivity index (χ2n) is 6.63. The van der Waals surface area contributed by atoms with Gasteiger partial charge in [0.15, 0.2) is 0 Å². The van der Waals surface area contributed by atoms with Crippen LogP contribution in [0.3, 0.4) is 0 Å². The molecule has 0 aliphatic carbocycles. The summed E-state index contributed by atoms with van der Waals surface area (Å²) >= 11 is 0. The highest BCUT2D eigenvalue weighted by atomic mass is 16.3. The average Bonchev–Trinajstić information content (AvgIpc) is 2.51. The fraction of sp³-hybridized carbons (Fsp3) is 0.444. The molecule has 2 N–H and O–H groups in total. The van der Waals surface area contributed by atoms with Crippen molar-refractivity contribution in [2.24, 2.45) is 5.92 Å². The number of benzene rings is 2. The lowest BCUT2D eigenvalue weighted by atomic mass is 9.72. The van der Waals surface area contributed by atoms with Gasteiger partial charge in [0.05, 0.1) is 5.60 Å². The van der Waals surface area contributed by atoms with Crippen molar-refractivity contribution in [2.75, 3.05) is 19.6 Å². The van der Waals surface area contributed by atoms with Crippen molar-refractivity contribution in [1.82, 2.24) is 4.90 Å². The molecular formula is C18H21NO2. The third-order valence-electron chi connectivity index (χ3n) is 5.33. The molecule has 1 atom stereocenters. The predicted octanol–water partition coefficient (Wildman–Crippen LogP) is 2.54. The summed E-state index contributed by atoms with van der Waals surface area (Å²) in [4.78, 5) is 2.35. The van der Waals surface area contributed by atoms with Crippen LogP contribution in [-0.4, -0.2) is 40.3 Å². The maximum Gasteiger partial charge on any atom is 0.126 e. The molecule has 3 heterocycles. The lowest BCUT2D eigenvalue weighted by molar-refractivity contribution is -0.111. The Hall–Kier alpha value is -1.58. The van der Waals surface area contributed by atoms with E-state index in [-0.39, 0.29) is 0 Å². The van der Waals surface area contributed by atoms with Crippen LogP contribution in [0.2, 0.25) is 0 Å². The van der Waals surface area contributed by atoms with Crippen molar-refractivity contribution >= 4 is 10.8 Å². The highest BCUT2D eigenvalue weighted by Crippen LogP contribution is 2.40. The highest BCUT2D eigenvalue weighted by Gasteiger charge is 2.45. The van der Waals surface area contributed by atoms with Gasteiger partial charge in [0.25, 0.3) is 0 Å². The Bertz CT molecular complexity index is 676. The number of fused-ring (bicyclic) bond motifs is 4. The van der Waals surface area contributed by atoms with Gasteiger partial charge in [-0.15, -0.1) is 0 Å². The van der Waals surface area contributed by atoms with Gasteiger partial charge < -0.3 is 15.1 Å². The summed E-state index contributed by atoms with van der Waals surface area (Å²) in [5, 5.41) is 23.5. The lowest BCUT2D eigenvalue weighted by Crippen LogP contribution is -2.60. The van der Waals surface area contributed by atoms with Crippen LogP contribution in [0.4, 0.5) is 0 Å². The number of phenolic OH excluding ortho intramolecular Hbond substituents is 1. The minimum atomic E-state index is -0.684. The van der Waals surface area contributed by atoms with Crippen molar-refractivity contribution in [3.05, 3.63) is 42.0 Å². The topological polar surface area (TPSA) is 43.7 Å². The summed E-state index contributed by atoms with van der Waals surface area (Å²) in [6, 6.07) is 11.9. The zero-order valence-corrected chi connectivity index (χ0v) is 12.1. The summed E-state index contributed by atoms with van der Waals surface area (Å²) in [6.07, 6.45) is 2.69. The van der Waals surface area contributed by atoms with Gasteiger partial charge in [0.1, 0.15) is 5.75 Å². The van der Waals surface area contributed by atoms with Crippen LogP contribution in [0.25, 0.3) is 10.8 Å². The molecule has 2 aromatic rings. The second-order valence-corrected chi connectivity index (χ2v) is 6.63. The number of piperidine rings is 3. The maximum atomic E-state index is 11.1. The molecule has 2 aromatic carbocycles. The zero-order chi connectivity index (χ0) is 14.4. The van der Waals surface area contributed by atoms with E-state index in [0.29, 0.717) is 18.1 Å². The molecule has 5 rings (SSSR count). The van der Waals surface area contributed by atoms with E-state index in [0.717, 1.165) is 48.8 Å². The normalized spacial score (nSPS) is 31.7. The molecule has 2 bridgehead atoms. The quantitative estimate of drug-likeness (QED) is 0.890. The van der Waals surface area contributed by atoms with Gasteiger partial charge >= 0.3 is 0 Å². The molecule has 1 unspecified atom stereocenters. The molecule has 0 radical (unpaired) electrons. The Labute approximate surface area is 124 Å². The first kappa shape index (κ1) is 13.1. The van der Waals surface area contributed by atoms with E-state index >= 15 is 0 Å². The molecular weight excluding hydrogens is 262 g/mol. The van der Waals surface area contributed by atoms with Crippen molar-refractivity contribution in [1.29, 1.82) is 0 Å². The van der Waals surface area contributed by atoms with E-state index in [9.17, 15) is 10.2 Å². The number of aliphatic hydroxyl groups is 1. The van der Waals surface area contributed by atoms with Crippen LogP contribution in [-0.2, 0) is 6.42 Å². The minimum Gasteiger partial charge on any atom is -0.507 e. The smallest absolute Gasteiger partial charge is 0.126 e. The van der Waals surface area contributed by atoms with E-state index in [2.05, 4.69) is 4.90 Å². The molecule has 3 aliphatic heterocycles. The fourth-order valence-corrected chi connectivity index (χ4v) is 4.12. The van der Waals surface area contributed by atoms with E-state index in [1.165, 1.54) is 0 Å². The van der Waals surface area contributed by atoms with Crippen LogP contribution >= 0.6 is 0 Å². The molecule has 3 heteroatoms. The number of hydrogen-bond donors (Lipinski definition) is 2. The molecule has 3 fully saturated rings. The second kappa shape index (κ2) is 4.72. The van der Waals surface area contributed by atoms with Crippen LogP contribution in [0.15, 0.2) is 36.4 Å².